The second-order valence-corrected chi connectivity index (χ2v) is 3.29. The molecule has 16 heavy (non-hydrogen) atoms. The molecule has 0 radical (unpaired) electrons. The van der Waals surface area contributed by atoms with Crippen molar-refractivity contribution in [2.24, 2.45) is 0 Å². The highest BCUT2D eigenvalue weighted by Crippen LogP contribution is 2.26. The molecule has 0 saturated carbocycles. The van der Waals surface area contributed by atoms with E-state index in [0.29, 0.717) is 11.5 Å². The number of halogens is 1. The molecule has 2 rings (SSSR count). The van der Waals surface area contributed by atoms with Crippen LogP contribution >= 0.6 is 0 Å². The van der Waals surface area contributed by atoms with Gasteiger partial charge in [0.05, 0.1) is 12.2 Å². The second-order valence-electron chi connectivity index (χ2n) is 3.29. The van der Waals surface area contributed by atoms with Crippen LogP contribution in [0.2, 0.25) is 0 Å². The van der Waals surface area contributed by atoms with Crippen LogP contribution in [0.3, 0.4) is 0 Å². The van der Waals surface area contributed by atoms with Crippen LogP contribution < -0.4 is 4.74 Å². The van der Waals surface area contributed by atoms with Gasteiger partial charge >= 0.3 is 0 Å². The molecular formula is C13H11FO2. The lowest BCUT2D eigenvalue weighted by Gasteiger charge is -2.09. The summed E-state index contributed by atoms with van der Waals surface area (Å²) in [5.74, 6) is 0.493. The van der Waals surface area contributed by atoms with Crippen molar-refractivity contribution in [1.29, 1.82) is 0 Å². The molecule has 3 heteroatoms. The Hall–Kier alpha value is -1.87. The number of aliphatic hydroxyl groups excluding tert-OH is 1. The van der Waals surface area contributed by atoms with Crippen LogP contribution in [0.4, 0.5) is 4.39 Å². The molecule has 0 spiro atoms. The molecule has 0 saturated heterocycles. The fraction of sp³-hybridized carbons (Fsp3) is 0.0769. The maximum Gasteiger partial charge on any atom is 0.135 e. The molecule has 0 aliphatic rings. The number of rotatable bonds is 3. The third-order valence-electron chi connectivity index (χ3n) is 2.21. The zero-order valence-corrected chi connectivity index (χ0v) is 8.56. The molecule has 0 fully saturated rings. The number of hydrogen-bond acceptors (Lipinski definition) is 2. The predicted molar refractivity (Wildman–Crippen MR) is 58.8 cm³/mol. The highest BCUT2D eigenvalue weighted by atomic mass is 19.1. The summed E-state index contributed by atoms with van der Waals surface area (Å²) in [6.45, 7) is -0.380. The van der Waals surface area contributed by atoms with E-state index in [1.165, 1.54) is 6.07 Å². The van der Waals surface area contributed by atoms with E-state index in [1.54, 1.807) is 24.3 Å². The largest absolute Gasteiger partial charge is 0.457 e. The number of aliphatic hydroxyl groups is 1. The van der Waals surface area contributed by atoms with E-state index < -0.39 is 5.82 Å². The van der Waals surface area contributed by atoms with Crippen molar-refractivity contribution in [3.05, 3.63) is 59.9 Å². The molecule has 0 aliphatic heterocycles. The minimum absolute atomic E-state index is 0.173. The summed E-state index contributed by atoms with van der Waals surface area (Å²) in [7, 11) is 0. The second kappa shape index (κ2) is 4.77. The Balaban J connectivity index is 2.31. The third-order valence-corrected chi connectivity index (χ3v) is 2.21. The molecule has 1 N–H and O–H groups in total. The minimum atomic E-state index is -0.462. The monoisotopic (exact) mass is 218 g/mol. The Bertz CT molecular complexity index is 469. The molecule has 0 bridgehead atoms. The number of hydrogen-bond donors (Lipinski definition) is 1. The zero-order valence-electron chi connectivity index (χ0n) is 8.56. The van der Waals surface area contributed by atoms with Crippen molar-refractivity contribution in [1.82, 2.24) is 0 Å². The molecule has 0 atom stereocenters. The maximum absolute atomic E-state index is 13.3. The highest BCUT2D eigenvalue weighted by molar-refractivity contribution is 5.38. The van der Waals surface area contributed by atoms with Gasteiger partial charge in [-0.2, -0.15) is 0 Å². The summed E-state index contributed by atoms with van der Waals surface area (Å²) in [4.78, 5) is 0. The summed E-state index contributed by atoms with van der Waals surface area (Å²) >= 11 is 0. The first kappa shape index (κ1) is 10.6. The lowest BCUT2D eigenvalue weighted by atomic mass is 10.2. The lowest BCUT2D eigenvalue weighted by Crippen LogP contribution is -1.95. The lowest BCUT2D eigenvalue weighted by molar-refractivity contribution is 0.270. The molecule has 2 aromatic carbocycles. The average molecular weight is 218 g/mol. The van der Waals surface area contributed by atoms with E-state index in [9.17, 15) is 4.39 Å². The first-order chi connectivity index (χ1) is 7.81. The third kappa shape index (κ3) is 2.20. The molecule has 0 aromatic heterocycles. The van der Waals surface area contributed by atoms with Crippen LogP contribution in [0.15, 0.2) is 48.5 Å². The molecule has 2 aromatic rings. The first-order valence-corrected chi connectivity index (χ1v) is 4.92. The van der Waals surface area contributed by atoms with Crippen molar-refractivity contribution < 1.29 is 14.2 Å². The average Bonchev–Trinajstić information content (AvgIpc) is 2.31. The SMILES string of the molecule is OCc1c(F)cccc1Oc1ccccc1. The Morgan fingerprint density at radius 2 is 1.75 bits per heavy atom. The molecule has 0 unspecified atom stereocenters. The van der Waals surface area contributed by atoms with E-state index in [0.717, 1.165) is 0 Å². The van der Waals surface area contributed by atoms with Gasteiger partial charge < -0.3 is 9.84 Å². The van der Waals surface area contributed by atoms with Crippen LogP contribution in [0, 0.1) is 5.82 Å². The van der Waals surface area contributed by atoms with E-state index in [1.807, 2.05) is 18.2 Å². The standard InChI is InChI=1S/C13H11FO2/c14-12-7-4-8-13(11(12)9-15)16-10-5-2-1-3-6-10/h1-8,15H,9H2. The van der Waals surface area contributed by atoms with E-state index in [2.05, 4.69) is 0 Å². The summed E-state index contributed by atoms with van der Waals surface area (Å²) in [5, 5.41) is 9.06. The molecule has 82 valence electrons. The molecule has 2 nitrogen and oxygen atoms in total. The minimum Gasteiger partial charge on any atom is -0.457 e. The fourth-order valence-electron chi connectivity index (χ4n) is 1.40. The van der Waals surface area contributed by atoms with Crippen molar-refractivity contribution in [2.45, 2.75) is 6.61 Å². The van der Waals surface area contributed by atoms with Crippen LogP contribution in [0.25, 0.3) is 0 Å². The van der Waals surface area contributed by atoms with Crippen molar-refractivity contribution in [3.8, 4) is 11.5 Å². The van der Waals surface area contributed by atoms with Crippen molar-refractivity contribution in [2.75, 3.05) is 0 Å². The van der Waals surface area contributed by atoms with Crippen LogP contribution in [-0.2, 0) is 6.61 Å². The molecular weight excluding hydrogens is 207 g/mol. The van der Waals surface area contributed by atoms with E-state index in [-0.39, 0.29) is 12.2 Å². The zero-order chi connectivity index (χ0) is 11.4. The maximum atomic E-state index is 13.3. The normalized spacial score (nSPS) is 10.1. The smallest absolute Gasteiger partial charge is 0.135 e. The van der Waals surface area contributed by atoms with Crippen LogP contribution in [0.1, 0.15) is 5.56 Å². The number of ether oxygens (including phenoxy) is 1. The van der Waals surface area contributed by atoms with Gasteiger partial charge in [-0.05, 0) is 24.3 Å². The highest BCUT2D eigenvalue weighted by Gasteiger charge is 2.08. The Labute approximate surface area is 92.9 Å². The number of benzene rings is 2. The topological polar surface area (TPSA) is 29.5 Å². The van der Waals surface area contributed by atoms with Crippen molar-refractivity contribution in [3.63, 3.8) is 0 Å². The molecule has 0 heterocycles. The fourth-order valence-corrected chi connectivity index (χ4v) is 1.40. The van der Waals surface area contributed by atoms with E-state index in [4.69, 9.17) is 9.84 Å². The Morgan fingerprint density at radius 3 is 2.44 bits per heavy atom. The van der Waals surface area contributed by atoms with Crippen LogP contribution in [0.5, 0.6) is 11.5 Å². The van der Waals surface area contributed by atoms with Gasteiger partial charge in [0, 0.05) is 0 Å². The van der Waals surface area contributed by atoms with Crippen LogP contribution in [-0.4, -0.2) is 5.11 Å². The molecule has 0 aliphatic carbocycles. The van der Waals surface area contributed by atoms with Gasteiger partial charge in [-0.1, -0.05) is 24.3 Å². The first-order valence-electron chi connectivity index (χ1n) is 4.92. The van der Waals surface area contributed by atoms with Gasteiger partial charge in [0.1, 0.15) is 17.3 Å². The Morgan fingerprint density at radius 1 is 1.00 bits per heavy atom. The Kier molecular flexibility index (Phi) is 3.17. The van der Waals surface area contributed by atoms with Gasteiger partial charge in [0.15, 0.2) is 0 Å². The van der Waals surface area contributed by atoms with E-state index >= 15 is 0 Å². The van der Waals surface area contributed by atoms with Gasteiger partial charge in [-0.15, -0.1) is 0 Å². The summed E-state index contributed by atoms with van der Waals surface area (Å²) in [5.41, 5.74) is 0.173. The summed E-state index contributed by atoms with van der Waals surface area (Å²) in [6, 6.07) is 13.5. The summed E-state index contributed by atoms with van der Waals surface area (Å²) < 4.78 is 18.8. The van der Waals surface area contributed by atoms with Gasteiger partial charge in [0.2, 0.25) is 0 Å². The van der Waals surface area contributed by atoms with Gasteiger partial charge in [0.25, 0.3) is 0 Å². The van der Waals surface area contributed by atoms with Crippen molar-refractivity contribution >= 4 is 0 Å². The van der Waals surface area contributed by atoms with Gasteiger partial charge in [-0.3, -0.25) is 0 Å². The predicted octanol–water partition coefficient (Wildman–Crippen LogP) is 3.11. The summed E-state index contributed by atoms with van der Waals surface area (Å²) in [6.07, 6.45) is 0. The number of para-hydroxylation sites is 1. The van der Waals surface area contributed by atoms with Gasteiger partial charge in [-0.25, -0.2) is 4.39 Å². The quantitative estimate of drug-likeness (QED) is 0.857. The molecule has 0 amide bonds.